The Balaban J connectivity index is 2.31. The van der Waals surface area contributed by atoms with E-state index in [0.717, 1.165) is 10.2 Å². The van der Waals surface area contributed by atoms with E-state index in [0.29, 0.717) is 13.2 Å². The summed E-state index contributed by atoms with van der Waals surface area (Å²) in [4.78, 5) is 13.3. The fraction of sp³-hybridized carbons (Fsp3) is 0.364. The van der Waals surface area contributed by atoms with Gasteiger partial charge in [-0.2, -0.15) is 0 Å². The third-order valence-corrected chi connectivity index (χ3v) is 2.39. The lowest BCUT2D eigenvalue weighted by Crippen LogP contribution is -2.22. The van der Waals surface area contributed by atoms with Crippen LogP contribution in [0.2, 0.25) is 0 Å². The number of hydrogen-bond donors (Lipinski definition) is 1. The Bertz CT molecular complexity index is 338. The highest BCUT2D eigenvalue weighted by atomic mass is 79.9. The molecule has 0 aliphatic heterocycles. The number of carbonyl (C=O) groups excluding carboxylic acids is 1. The average molecular weight is 287 g/mol. The first-order chi connectivity index (χ1) is 7.58. The summed E-state index contributed by atoms with van der Waals surface area (Å²) in [5.74, 6) is 0. The van der Waals surface area contributed by atoms with E-state index in [1.165, 1.54) is 0 Å². The summed E-state index contributed by atoms with van der Waals surface area (Å²) in [6.45, 7) is 1.10. The van der Waals surface area contributed by atoms with Gasteiger partial charge in [0.1, 0.15) is 6.61 Å². The molecule has 1 rings (SSSR count). The van der Waals surface area contributed by atoms with Gasteiger partial charge in [-0.1, -0.05) is 15.9 Å². The van der Waals surface area contributed by atoms with E-state index in [2.05, 4.69) is 21.2 Å². The lowest BCUT2D eigenvalue weighted by Gasteiger charge is -2.10. The van der Waals surface area contributed by atoms with Crippen molar-refractivity contribution in [2.45, 2.75) is 0 Å². The van der Waals surface area contributed by atoms with Crippen molar-refractivity contribution >= 4 is 27.7 Å². The van der Waals surface area contributed by atoms with Crippen LogP contribution in [0, 0.1) is 0 Å². The lowest BCUT2D eigenvalue weighted by molar-refractivity contribution is 0.151. The van der Waals surface area contributed by atoms with Gasteiger partial charge >= 0.3 is 6.09 Å². The largest absolute Gasteiger partial charge is 0.448 e. The minimum absolute atomic E-state index is 0.384. The first-order valence-corrected chi connectivity index (χ1v) is 5.71. The summed E-state index contributed by atoms with van der Waals surface area (Å²) >= 11 is 3.32. The Morgan fingerprint density at radius 1 is 1.38 bits per heavy atom. The van der Waals surface area contributed by atoms with Crippen molar-refractivity contribution in [1.82, 2.24) is 4.90 Å². The quantitative estimate of drug-likeness (QED) is 0.925. The van der Waals surface area contributed by atoms with Crippen LogP contribution in [-0.2, 0) is 4.74 Å². The van der Waals surface area contributed by atoms with Crippen molar-refractivity contribution in [1.29, 1.82) is 0 Å². The van der Waals surface area contributed by atoms with Crippen molar-refractivity contribution < 1.29 is 9.53 Å². The zero-order valence-electron chi connectivity index (χ0n) is 9.37. The summed E-state index contributed by atoms with van der Waals surface area (Å²) in [6.07, 6.45) is -0.427. The molecule has 1 aromatic rings. The molecule has 0 fully saturated rings. The van der Waals surface area contributed by atoms with Gasteiger partial charge < -0.3 is 9.64 Å². The molecule has 5 heteroatoms. The van der Waals surface area contributed by atoms with Crippen molar-refractivity contribution in [3.8, 4) is 0 Å². The maximum Gasteiger partial charge on any atom is 0.411 e. The minimum atomic E-state index is -0.427. The van der Waals surface area contributed by atoms with Gasteiger partial charge in [-0.05, 0) is 38.4 Å². The van der Waals surface area contributed by atoms with Crippen LogP contribution in [0.3, 0.4) is 0 Å². The molecule has 0 saturated carbocycles. The van der Waals surface area contributed by atoms with E-state index in [1.54, 1.807) is 12.1 Å². The van der Waals surface area contributed by atoms with E-state index in [1.807, 2.05) is 31.1 Å². The Morgan fingerprint density at radius 3 is 2.56 bits per heavy atom. The molecular weight excluding hydrogens is 272 g/mol. The van der Waals surface area contributed by atoms with Gasteiger partial charge in [-0.3, -0.25) is 5.32 Å². The van der Waals surface area contributed by atoms with Gasteiger partial charge in [-0.25, -0.2) is 4.79 Å². The molecule has 1 aromatic carbocycles. The molecule has 16 heavy (non-hydrogen) atoms. The molecular formula is C11H15BrN2O2. The normalized spacial score (nSPS) is 10.2. The van der Waals surface area contributed by atoms with Crippen molar-refractivity contribution in [3.05, 3.63) is 28.7 Å². The Hall–Kier alpha value is -1.07. The van der Waals surface area contributed by atoms with E-state index in [4.69, 9.17) is 4.74 Å². The van der Waals surface area contributed by atoms with Crippen LogP contribution in [0.15, 0.2) is 28.7 Å². The average Bonchev–Trinajstić information content (AvgIpc) is 2.21. The van der Waals surface area contributed by atoms with E-state index < -0.39 is 6.09 Å². The van der Waals surface area contributed by atoms with E-state index in [-0.39, 0.29) is 0 Å². The number of hydrogen-bond acceptors (Lipinski definition) is 3. The second-order valence-corrected chi connectivity index (χ2v) is 4.49. The summed E-state index contributed by atoms with van der Waals surface area (Å²) in [6, 6.07) is 7.32. The molecule has 0 aromatic heterocycles. The molecule has 0 aliphatic rings. The fourth-order valence-corrected chi connectivity index (χ4v) is 1.27. The third-order valence-electron chi connectivity index (χ3n) is 1.86. The number of ether oxygens (including phenoxy) is 1. The number of rotatable bonds is 4. The van der Waals surface area contributed by atoms with Crippen LogP contribution in [-0.4, -0.2) is 38.2 Å². The fourth-order valence-electron chi connectivity index (χ4n) is 1.01. The summed E-state index contributed by atoms with van der Waals surface area (Å²) in [5.41, 5.74) is 0.720. The second kappa shape index (κ2) is 6.50. The van der Waals surface area contributed by atoms with Crippen LogP contribution < -0.4 is 5.32 Å². The first kappa shape index (κ1) is 13.0. The summed E-state index contributed by atoms with van der Waals surface area (Å²) in [5, 5.41) is 2.64. The number of carbonyl (C=O) groups is 1. The number of benzene rings is 1. The van der Waals surface area contributed by atoms with Crippen molar-refractivity contribution in [2.24, 2.45) is 0 Å². The number of halogens is 1. The lowest BCUT2D eigenvalue weighted by atomic mass is 10.3. The molecule has 88 valence electrons. The maximum atomic E-state index is 11.3. The van der Waals surface area contributed by atoms with E-state index in [9.17, 15) is 4.79 Å². The molecule has 0 radical (unpaired) electrons. The van der Waals surface area contributed by atoms with Crippen LogP contribution in [0.5, 0.6) is 0 Å². The molecule has 0 spiro atoms. The van der Waals surface area contributed by atoms with Crippen LogP contribution in [0.4, 0.5) is 10.5 Å². The van der Waals surface area contributed by atoms with Gasteiger partial charge in [0.05, 0.1) is 0 Å². The SMILES string of the molecule is CN(C)CCOC(=O)Nc1ccc(Br)cc1. The Labute approximate surface area is 104 Å². The summed E-state index contributed by atoms with van der Waals surface area (Å²) in [7, 11) is 3.85. The number of nitrogens with zero attached hydrogens (tertiary/aromatic N) is 1. The highest BCUT2D eigenvalue weighted by Gasteiger charge is 2.02. The molecule has 0 atom stereocenters. The number of likely N-dealkylation sites (N-methyl/N-ethyl adjacent to an activating group) is 1. The Morgan fingerprint density at radius 2 is 2.00 bits per heavy atom. The summed E-state index contributed by atoms with van der Waals surface area (Å²) < 4.78 is 5.95. The predicted molar refractivity (Wildman–Crippen MR) is 67.7 cm³/mol. The topological polar surface area (TPSA) is 41.6 Å². The van der Waals surface area contributed by atoms with Gasteiger partial charge in [0.15, 0.2) is 0 Å². The second-order valence-electron chi connectivity index (χ2n) is 3.57. The zero-order valence-corrected chi connectivity index (χ0v) is 11.0. The maximum absolute atomic E-state index is 11.3. The molecule has 0 bridgehead atoms. The van der Waals surface area contributed by atoms with Crippen molar-refractivity contribution in [3.63, 3.8) is 0 Å². The molecule has 0 unspecified atom stereocenters. The standard InChI is InChI=1S/C11H15BrN2O2/c1-14(2)7-8-16-11(15)13-10-5-3-9(12)4-6-10/h3-6H,7-8H2,1-2H3,(H,13,15). The van der Waals surface area contributed by atoms with Gasteiger partial charge in [0, 0.05) is 16.7 Å². The van der Waals surface area contributed by atoms with Gasteiger partial charge in [0.2, 0.25) is 0 Å². The predicted octanol–water partition coefficient (Wildman–Crippen LogP) is 2.56. The number of amides is 1. The molecule has 0 heterocycles. The molecule has 1 N–H and O–H groups in total. The minimum Gasteiger partial charge on any atom is -0.448 e. The monoisotopic (exact) mass is 286 g/mol. The number of nitrogens with one attached hydrogen (secondary N) is 1. The third kappa shape index (κ3) is 5.14. The first-order valence-electron chi connectivity index (χ1n) is 4.92. The van der Waals surface area contributed by atoms with Crippen LogP contribution >= 0.6 is 15.9 Å². The Kier molecular flexibility index (Phi) is 5.28. The van der Waals surface area contributed by atoms with Crippen LogP contribution in [0.25, 0.3) is 0 Å². The van der Waals surface area contributed by atoms with E-state index >= 15 is 0 Å². The molecule has 1 amide bonds. The highest BCUT2D eigenvalue weighted by Crippen LogP contribution is 2.14. The van der Waals surface area contributed by atoms with Gasteiger partial charge in [-0.15, -0.1) is 0 Å². The number of anilines is 1. The highest BCUT2D eigenvalue weighted by molar-refractivity contribution is 9.10. The van der Waals surface area contributed by atoms with Gasteiger partial charge in [0.25, 0.3) is 0 Å². The molecule has 4 nitrogen and oxygen atoms in total. The zero-order chi connectivity index (χ0) is 12.0. The molecule has 0 aliphatic carbocycles. The van der Waals surface area contributed by atoms with Crippen LogP contribution in [0.1, 0.15) is 0 Å². The van der Waals surface area contributed by atoms with Crippen molar-refractivity contribution in [2.75, 3.05) is 32.6 Å². The smallest absolute Gasteiger partial charge is 0.411 e. The molecule has 0 saturated heterocycles.